The van der Waals surface area contributed by atoms with Crippen molar-refractivity contribution in [1.29, 1.82) is 0 Å². The van der Waals surface area contributed by atoms with Crippen LogP contribution in [0.2, 0.25) is 10.3 Å². The van der Waals surface area contributed by atoms with Crippen molar-refractivity contribution in [1.82, 2.24) is 20.2 Å². The van der Waals surface area contributed by atoms with E-state index >= 15 is 0 Å². The van der Waals surface area contributed by atoms with Crippen LogP contribution in [0.5, 0.6) is 0 Å². The maximum absolute atomic E-state index is 11.8. The number of aromatic nitrogens is 2. The fourth-order valence-electron chi connectivity index (χ4n) is 4.85. The second-order valence-corrected chi connectivity index (χ2v) is 10.6. The molecule has 214 valence electrons. The van der Waals surface area contributed by atoms with Gasteiger partial charge < -0.3 is 29.8 Å². The summed E-state index contributed by atoms with van der Waals surface area (Å²) < 4.78 is 14.8. The average Bonchev–Trinajstić information content (AvgIpc) is 3.32. The number of carbonyl (C=O) groups is 1. The fraction of sp³-hybridized carbons (Fsp3) is 0.290. The molecule has 0 saturated carbocycles. The number of halogens is 2. The maximum atomic E-state index is 11.8. The Kier molecular flexibility index (Phi) is 9.59. The van der Waals surface area contributed by atoms with Gasteiger partial charge in [0.1, 0.15) is 5.15 Å². The first-order chi connectivity index (χ1) is 19.9. The number of aliphatic hydroxyl groups is 1. The van der Waals surface area contributed by atoms with Gasteiger partial charge in [0.15, 0.2) is 11.4 Å². The highest BCUT2D eigenvalue weighted by Crippen LogP contribution is 2.39. The lowest BCUT2D eigenvalue weighted by Crippen LogP contribution is -2.34. The van der Waals surface area contributed by atoms with Crippen LogP contribution in [0.1, 0.15) is 48.0 Å². The molecule has 0 spiro atoms. The smallest absolute Gasteiger partial charge is 0.315 e. The Labute approximate surface area is 249 Å². The molecule has 0 radical (unpaired) electrons. The average molecular weight is 596 g/mol. The second kappa shape index (κ2) is 13.5. The largest absolute Gasteiger partial charge is 0.392 e. The van der Waals surface area contributed by atoms with Crippen molar-refractivity contribution in [3.63, 3.8) is 0 Å². The number of amides is 2. The van der Waals surface area contributed by atoms with Gasteiger partial charge >= 0.3 is 6.03 Å². The summed E-state index contributed by atoms with van der Waals surface area (Å²) in [6.45, 7) is 3.32. The van der Waals surface area contributed by atoms with Gasteiger partial charge in [0.25, 0.3) is 0 Å². The molecule has 1 fully saturated rings. The fourth-order valence-corrected chi connectivity index (χ4v) is 5.17. The predicted octanol–water partition coefficient (Wildman–Crippen LogP) is 6.41. The molecule has 1 saturated heterocycles. The quantitative estimate of drug-likeness (QED) is 0.208. The van der Waals surface area contributed by atoms with E-state index in [0.717, 1.165) is 33.4 Å². The van der Waals surface area contributed by atoms with Gasteiger partial charge in [0.05, 0.1) is 31.7 Å². The zero-order valence-corrected chi connectivity index (χ0v) is 24.1. The first-order valence-electron chi connectivity index (χ1n) is 13.5. The number of aliphatic hydroxyl groups excluding tert-OH is 1. The van der Waals surface area contributed by atoms with Gasteiger partial charge in [-0.25, -0.2) is 9.78 Å². The summed E-state index contributed by atoms with van der Waals surface area (Å²) in [6, 6.07) is 23.7. The first-order valence-corrected chi connectivity index (χ1v) is 14.3. The van der Waals surface area contributed by atoms with Crippen molar-refractivity contribution in [2.24, 2.45) is 0 Å². The van der Waals surface area contributed by atoms with Crippen LogP contribution < -0.4 is 10.6 Å². The number of benzene rings is 3. The van der Waals surface area contributed by atoms with Crippen molar-refractivity contribution in [3.05, 3.63) is 112 Å². The third-order valence-electron chi connectivity index (χ3n) is 6.96. The van der Waals surface area contributed by atoms with Crippen LogP contribution in [0, 0.1) is 0 Å². The van der Waals surface area contributed by atoms with Crippen molar-refractivity contribution < 1.29 is 19.4 Å². The summed E-state index contributed by atoms with van der Waals surface area (Å²) in [7, 11) is 0. The van der Waals surface area contributed by atoms with Crippen LogP contribution in [0.25, 0.3) is 11.1 Å². The van der Waals surface area contributed by atoms with Gasteiger partial charge in [-0.05, 0) is 46.9 Å². The molecule has 0 unspecified atom stereocenters. The normalized spacial score (nSPS) is 18.7. The molecule has 3 atom stereocenters. The monoisotopic (exact) mass is 594 g/mol. The minimum Gasteiger partial charge on any atom is -0.392 e. The van der Waals surface area contributed by atoms with Gasteiger partial charge in [-0.15, -0.1) is 0 Å². The third kappa shape index (κ3) is 7.28. The highest BCUT2D eigenvalue weighted by molar-refractivity contribution is 6.40. The molecule has 2 amide bonds. The Morgan fingerprint density at radius 2 is 1.73 bits per heavy atom. The lowest BCUT2D eigenvalue weighted by atomic mass is 9.98. The van der Waals surface area contributed by atoms with E-state index < -0.39 is 6.29 Å². The molecule has 3 aromatic carbocycles. The lowest BCUT2D eigenvalue weighted by molar-refractivity contribution is -0.252. The summed E-state index contributed by atoms with van der Waals surface area (Å²) in [5, 5.41) is 15.7. The minimum atomic E-state index is -0.628. The van der Waals surface area contributed by atoms with Crippen molar-refractivity contribution >= 4 is 29.2 Å². The predicted molar refractivity (Wildman–Crippen MR) is 158 cm³/mol. The molecule has 1 aliphatic rings. The molecule has 4 aromatic rings. The SMILES string of the molecule is CCNC(=O)NCc1cccc(-c2cccc([C@@H]3O[C@H](Cn4cnc(Cl)c4Cl)C[C@H](c4ccc(CO)cc4)O3)c2)c1. The third-order valence-corrected chi connectivity index (χ3v) is 7.73. The molecule has 0 aliphatic carbocycles. The van der Waals surface area contributed by atoms with Gasteiger partial charge in [0.2, 0.25) is 0 Å². The molecule has 2 heterocycles. The Morgan fingerprint density at radius 1 is 0.976 bits per heavy atom. The first kappa shape index (κ1) is 29.1. The molecule has 0 bridgehead atoms. The Morgan fingerprint density at radius 3 is 2.44 bits per heavy atom. The highest BCUT2D eigenvalue weighted by Gasteiger charge is 2.33. The van der Waals surface area contributed by atoms with Crippen LogP contribution in [0.4, 0.5) is 4.79 Å². The van der Waals surface area contributed by atoms with E-state index in [1.54, 1.807) is 10.9 Å². The molecule has 1 aliphatic heterocycles. The number of nitrogens with zero attached hydrogens (tertiary/aromatic N) is 2. The topological polar surface area (TPSA) is 97.6 Å². The molecule has 3 N–H and O–H groups in total. The molecular weight excluding hydrogens is 563 g/mol. The Balaban J connectivity index is 1.39. The molecule has 10 heteroatoms. The summed E-state index contributed by atoms with van der Waals surface area (Å²) >= 11 is 12.4. The molecular formula is C31H32Cl2N4O4. The van der Waals surface area contributed by atoms with Crippen molar-refractivity contribution in [2.75, 3.05) is 6.54 Å². The van der Waals surface area contributed by atoms with Crippen LogP contribution >= 0.6 is 23.2 Å². The van der Waals surface area contributed by atoms with E-state index in [1.807, 2.05) is 67.6 Å². The highest BCUT2D eigenvalue weighted by atomic mass is 35.5. The number of hydrogen-bond acceptors (Lipinski definition) is 5. The van der Waals surface area contributed by atoms with E-state index in [4.69, 9.17) is 32.7 Å². The van der Waals surface area contributed by atoms with E-state index in [0.29, 0.717) is 31.2 Å². The van der Waals surface area contributed by atoms with Crippen LogP contribution in [-0.2, 0) is 29.2 Å². The molecule has 1 aromatic heterocycles. The summed E-state index contributed by atoms with van der Waals surface area (Å²) in [5.74, 6) is 0. The Bertz CT molecular complexity index is 1480. The number of ether oxygens (including phenoxy) is 2. The van der Waals surface area contributed by atoms with Crippen LogP contribution in [0.3, 0.4) is 0 Å². The summed E-state index contributed by atoms with van der Waals surface area (Å²) in [5.41, 5.74) is 5.73. The molecule has 41 heavy (non-hydrogen) atoms. The second-order valence-electron chi connectivity index (χ2n) is 9.87. The number of urea groups is 1. The lowest BCUT2D eigenvalue weighted by Gasteiger charge is -2.36. The number of carbonyl (C=O) groups excluding carboxylic acids is 1. The summed E-state index contributed by atoms with van der Waals surface area (Å²) in [4.78, 5) is 15.9. The van der Waals surface area contributed by atoms with Gasteiger partial charge in [0, 0.05) is 25.1 Å². The standard InChI is InChI=1S/C31H32Cl2N4O4/c1-2-34-31(39)35-16-21-5-3-6-23(13-21)24-7-4-8-25(14-24)30-40-26(17-37-19-36-28(32)29(37)33)15-27(41-30)22-11-9-20(18-38)10-12-22/h3-14,19,26-27,30,38H,2,15-18H2,1H3,(H2,34,35,39)/t26-,27+,30+/m0/s1. The minimum absolute atomic E-state index is 0.0178. The van der Waals surface area contributed by atoms with Gasteiger partial charge in [-0.1, -0.05) is 83.9 Å². The molecule has 8 nitrogen and oxygen atoms in total. The number of imidazole rings is 1. The van der Waals surface area contributed by atoms with Crippen LogP contribution in [0.15, 0.2) is 79.1 Å². The van der Waals surface area contributed by atoms with E-state index in [9.17, 15) is 9.90 Å². The Hall–Kier alpha value is -3.40. The number of rotatable bonds is 9. The summed E-state index contributed by atoms with van der Waals surface area (Å²) in [6.07, 6.45) is 1.11. The maximum Gasteiger partial charge on any atom is 0.315 e. The number of hydrogen-bond donors (Lipinski definition) is 3. The molecule has 5 rings (SSSR count). The van der Waals surface area contributed by atoms with Crippen molar-refractivity contribution in [3.8, 4) is 11.1 Å². The van der Waals surface area contributed by atoms with E-state index in [-0.39, 0.29) is 30.0 Å². The number of nitrogens with one attached hydrogen (secondary N) is 2. The van der Waals surface area contributed by atoms with E-state index in [2.05, 4.69) is 27.8 Å². The van der Waals surface area contributed by atoms with Gasteiger partial charge in [-0.2, -0.15) is 0 Å². The van der Waals surface area contributed by atoms with Gasteiger partial charge in [-0.3, -0.25) is 0 Å². The van der Waals surface area contributed by atoms with Crippen LogP contribution in [-0.4, -0.2) is 33.3 Å². The zero-order valence-electron chi connectivity index (χ0n) is 22.6. The van der Waals surface area contributed by atoms with E-state index in [1.165, 1.54) is 0 Å². The van der Waals surface area contributed by atoms with Crippen molar-refractivity contribution in [2.45, 2.75) is 51.5 Å². The zero-order chi connectivity index (χ0) is 28.8.